The van der Waals surface area contributed by atoms with E-state index in [1.807, 2.05) is 26.0 Å². The van der Waals surface area contributed by atoms with Crippen LogP contribution in [-0.4, -0.2) is 41.8 Å². The molecule has 0 aromatic rings. The summed E-state index contributed by atoms with van der Waals surface area (Å²) in [4.78, 5) is 13.4. The average molecular weight is 212 g/mol. The van der Waals surface area contributed by atoms with E-state index in [9.17, 15) is 4.79 Å². The number of nitrogens with one attached hydrogen (secondary N) is 1. The van der Waals surface area contributed by atoms with Crippen LogP contribution in [0.2, 0.25) is 0 Å². The predicted octanol–water partition coefficient (Wildman–Crippen LogP) is 0.975. The number of hydrogen-bond acceptors (Lipinski definition) is 2. The molecule has 4 heteroatoms. The van der Waals surface area contributed by atoms with E-state index >= 15 is 0 Å². The van der Waals surface area contributed by atoms with Gasteiger partial charge in [-0.25, -0.2) is 4.79 Å². The van der Waals surface area contributed by atoms with Gasteiger partial charge in [0, 0.05) is 31.7 Å². The Kier molecular flexibility index (Phi) is 4.62. The summed E-state index contributed by atoms with van der Waals surface area (Å²) in [5.41, 5.74) is 0. The van der Waals surface area contributed by atoms with Crippen molar-refractivity contribution >= 4 is 6.03 Å². The highest BCUT2D eigenvalue weighted by Crippen LogP contribution is 2.17. The second-order valence-corrected chi connectivity index (χ2v) is 3.79. The molecule has 0 saturated heterocycles. The monoisotopic (exact) mass is 212 g/mol. The first kappa shape index (κ1) is 12.0. The van der Waals surface area contributed by atoms with Crippen molar-refractivity contribution in [3.63, 3.8) is 0 Å². The molecular formula is C11H20N2O2. The molecule has 2 N–H and O–H groups in total. The van der Waals surface area contributed by atoms with Crippen LogP contribution in [0.5, 0.6) is 0 Å². The number of rotatable bonds is 4. The van der Waals surface area contributed by atoms with Gasteiger partial charge in [0.25, 0.3) is 0 Å². The summed E-state index contributed by atoms with van der Waals surface area (Å²) in [7, 11) is 0. The molecule has 2 amide bonds. The lowest BCUT2D eigenvalue weighted by molar-refractivity contribution is 0.198. The van der Waals surface area contributed by atoms with Crippen molar-refractivity contribution in [2.75, 3.05) is 19.7 Å². The van der Waals surface area contributed by atoms with Crippen LogP contribution in [0.1, 0.15) is 20.3 Å². The van der Waals surface area contributed by atoms with Gasteiger partial charge in [0.15, 0.2) is 0 Å². The number of aliphatic hydroxyl groups is 1. The van der Waals surface area contributed by atoms with E-state index in [0.717, 1.165) is 19.5 Å². The van der Waals surface area contributed by atoms with Crippen molar-refractivity contribution in [2.45, 2.75) is 26.3 Å². The second-order valence-electron chi connectivity index (χ2n) is 3.79. The number of amides is 2. The molecule has 0 aliphatic heterocycles. The first-order valence-electron chi connectivity index (χ1n) is 5.55. The zero-order chi connectivity index (χ0) is 11.3. The summed E-state index contributed by atoms with van der Waals surface area (Å²) in [6.07, 6.45) is 4.74. The quantitative estimate of drug-likeness (QED) is 0.682. The Morgan fingerprint density at radius 3 is 2.60 bits per heavy atom. The molecule has 0 aromatic carbocycles. The summed E-state index contributed by atoms with van der Waals surface area (Å²) < 4.78 is 0. The van der Waals surface area contributed by atoms with Gasteiger partial charge in [-0.1, -0.05) is 12.2 Å². The smallest absolute Gasteiger partial charge is 0.317 e. The van der Waals surface area contributed by atoms with Crippen LogP contribution in [0.3, 0.4) is 0 Å². The molecule has 0 bridgehead atoms. The highest BCUT2D eigenvalue weighted by molar-refractivity contribution is 5.74. The van der Waals surface area contributed by atoms with Crippen LogP contribution in [0.15, 0.2) is 12.2 Å². The third-order valence-corrected chi connectivity index (χ3v) is 2.77. The molecule has 4 nitrogen and oxygen atoms in total. The van der Waals surface area contributed by atoms with Crippen LogP contribution < -0.4 is 5.32 Å². The highest BCUT2D eigenvalue weighted by Gasteiger charge is 2.21. The number of urea groups is 1. The third kappa shape index (κ3) is 3.23. The average Bonchev–Trinajstić information content (AvgIpc) is 2.67. The third-order valence-electron chi connectivity index (χ3n) is 2.77. The van der Waals surface area contributed by atoms with Crippen molar-refractivity contribution in [1.29, 1.82) is 0 Å². The summed E-state index contributed by atoms with van der Waals surface area (Å²) in [6.45, 7) is 5.53. The minimum atomic E-state index is -0.0201. The van der Waals surface area contributed by atoms with Gasteiger partial charge < -0.3 is 15.3 Å². The van der Waals surface area contributed by atoms with Crippen LogP contribution in [0.4, 0.5) is 4.79 Å². The zero-order valence-electron chi connectivity index (χ0n) is 9.44. The Hall–Kier alpha value is -1.03. The molecule has 0 spiro atoms. The fourth-order valence-electron chi connectivity index (χ4n) is 1.78. The number of aliphatic hydroxyl groups excluding tert-OH is 1. The molecule has 1 aliphatic carbocycles. The largest absolute Gasteiger partial charge is 0.396 e. The van der Waals surface area contributed by atoms with Gasteiger partial charge in [-0.2, -0.15) is 0 Å². The van der Waals surface area contributed by atoms with Gasteiger partial charge in [0.1, 0.15) is 0 Å². The summed E-state index contributed by atoms with van der Waals surface area (Å²) in [5.74, 6) is 0.201. The van der Waals surface area contributed by atoms with Gasteiger partial charge in [0.2, 0.25) is 0 Å². The zero-order valence-corrected chi connectivity index (χ0v) is 9.44. The fourth-order valence-corrected chi connectivity index (χ4v) is 1.78. The standard InChI is InChI=1S/C11H20N2O2/c1-3-13(4-2)11(15)12-10-6-5-9(7-10)8-14/h5-6,9-10,14H,3-4,7-8H2,1-2H3,(H,12,15)/t9-,10+/m0/s1. The molecule has 0 heterocycles. The van der Waals surface area contributed by atoms with E-state index in [1.165, 1.54) is 0 Å². The van der Waals surface area contributed by atoms with Crippen molar-refractivity contribution in [2.24, 2.45) is 5.92 Å². The van der Waals surface area contributed by atoms with Crippen molar-refractivity contribution < 1.29 is 9.90 Å². The Morgan fingerprint density at radius 2 is 2.13 bits per heavy atom. The van der Waals surface area contributed by atoms with Crippen LogP contribution in [0.25, 0.3) is 0 Å². The lowest BCUT2D eigenvalue weighted by atomic mass is 10.1. The van der Waals surface area contributed by atoms with Gasteiger partial charge in [0.05, 0.1) is 0 Å². The number of carbonyl (C=O) groups excluding carboxylic acids is 1. The van der Waals surface area contributed by atoms with Crippen LogP contribution in [-0.2, 0) is 0 Å². The van der Waals surface area contributed by atoms with Gasteiger partial charge in [-0.3, -0.25) is 0 Å². The minimum absolute atomic E-state index is 0.0201. The molecule has 0 radical (unpaired) electrons. The van der Waals surface area contributed by atoms with Crippen LogP contribution >= 0.6 is 0 Å². The molecular weight excluding hydrogens is 192 g/mol. The first-order valence-corrected chi connectivity index (χ1v) is 5.55. The van der Waals surface area contributed by atoms with Crippen molar-refractivity contribution in [3.8, 4) is 0 Å². The molecule has 1 rings (SSSR count). The molecule has 86 valence electrons. The summed E-state index contributed by atoms with van der Waals surface area (Å²) in [6, 6.07) is 0.0588. The highest BCUT2D eigenvalue weighted by atomic mass is 16.3. The topological polar surface area (TPSA) is 52.6 Å². The van der Waals surface area contributed by atoms with Crippen LogP contribution in [0, 0.1) is 5.92 Å². The lowest BCUT2D eigenvalue weighted by Crippen LogP contribution is -2.43. The van der Waals surface area contributed by atoms with E-state index in [1.54, 1.807) is 4.90 Å². The number of nitrogens with zero attached hydrogens (tertiary/aromatic N) is 1. The van der Waals surface area contributed by atoms with E-state index in [-0.39, 0.29) is 24.6 Å². The Morgan fingerprint density at radius 1 is 1.47 bits per heavy atom. The second kappa shape index (κ2) is 5.75. The molecule has 0 aromatic heterocycles. The summed E-state index contributed by atoms with van der Waals surface area (Å²) in [5, 5.41) is 11.9. The van der Waals surface area contributed by atoms with Gasteiger partial charge >= 0.3 is 6.03 Å². The van der Waals surface area contributed by atoms with Gasteiger partial charge in [-0.05, 0) is 20.3 Å². The minimum Gasteiger partial charge on any atom is -0.396 e. The normalized spacial score (nSPS) is 24.2. The van der Waals surface area contributed by atoms with E-state index in [2.05, 4.69) is 5.32 Å². The molecule has 2 atom stereocenters. The van der Waals surface area contributed by atoms with E-state index in [4.69, 9.17) is 5.11 Å². The maximum atomic E-state index is 11.7. The molecule has 0 saturated carbocycles. The van der Waals surface area contributed by atoms with E-state index in [0.29, 0.717) is 0 Å². The first-order chi connectivity index (χ1) is 7.21. The maximum absolute atomic E-state index is 11.7. The number of carbonyl (C=O) groups is 1. The Labute approximate surface area is 91.0 Å². The SMILES string of the molecule is CCN(CC)C(=O)N[C@@H]1C=C[C@H](CO)C1. The van der Waals surface area contributed by atoms with E-state index < -0.39 is 0 Å². The molecule has 0 fully saturated rings. The number of hydrogen-bond donors (Lipinski definition) is 2. The van der Waals surface area contributed by atoms with Gasteiger partial charge in [-0.15, -0.1) is 0 Å². The van der Waals surface area contributed by atoms with Crippen molar-refractivity contribution in [3.05, 3.63) is 12.2 Å². The fraction of sp³-hybridized carbons (Fsp3) is 0.727. The Balaban J connectivity index is 2.36. The van der Waals surface area contributed by atoms with Crippen molar-refractivity contribution in [1.82, 2.24) is 10.2 Å². The molecule has 1 aliphatic rings. The molecule has 0 unspecified atom stereocenters. The predicted molar refractivity (Wildman–Crippen MR) is 59.6 cm³/mol. The lowest BCUT2D eigenvalue weighted by Gasteiger charge is -2.22. The Bertz CT molecular complexity index is 237. The maximum Gasteiger partial charge on any atom is 0.317 e. The summed E-state index contributed by atoms with van der Waals surface area (Å²) >= 11 is 0. The molecule has 15 heavy (non-hydrogen) atoms.